The van der Waals surface area contributed by atoms with Crippen molar-refractivity contribution in [2.75, 3.05) is 0 Å². The standard InChI is InChI=1S/C12H11N5/c1-8-11(10-6-4-3-5-7-10)12(16-17-13)15-9(2)14-8/h3-7H,1-2H3. The molecule has 0 bridgehead atoms. The largest absolute Gasteiger partial charge is 0.238 e. The summed E-state index contributed by atoms with van der Waals surface area (Å²) in [6.45, 7) is 3.66. The minimum absolute atomic E-state index is 0.378. The van der Waals surface area contributed by atoms with E-state index in [1.165, 1.54) is 0 Å². The highest BCUT2D eigenvalue weighted by Crippen LogP contribution is 2.30. The lowest BCUT2D eigenvalue weighted by molar-refractivity contribution is 1.01. The van der Waals surface area contributed by atoms with Gasteiger partial charge < -0.3 is 0 Å². The second kappa shape index (κ2) is 4.63. The SMILES string of the molecule is Cc1nc(C)c(-c2ccccc2)c(N=[N+]=[N-])n1. The minimum atomic E-state index is 0.378. The lowest BCUT2D eigenvalue weighted by Crippen LogP contribution is -1.95. The lowest BCUT2D eigenvalue weighted by atomic mass is 10.1. The second-order valence-electron chi connectivity index (χ2n) is 3.61. The van der Waals surface area contributed by atoms with Crippen molar-refractivity contribution in [3.8, 4) is 11.1 Å². The first-order valence-corrected chi connectivity index (χ1v) is 5.18. The monoisotopic (exact) mass is 225 g/mol. The van der Waals surface area contributed by atoms with Crippen molar-refractivity contribution in [1.82, 2.24) is 9.97 Å². The number of hydrogen-bond acceptors (Lipinski definition) is 3. The van der Waals surface area contributed by atoms with Crippen LogP contribution in [0.25, 0.3) is 21.6 Å². The maximum absolute atomic E-state index is 8.57. The molecule has 0 N–H and O–H groups in total. The maximum Gasteiger partial charge on any atom is 0.138 e. The van der Waals surface area contributed by atoms with E-state index in [1.54, 1.807) is 6.92 Å². The molecule has 1 heterocycles. The molecular formula is C12H11N5. The van der Waals surface area contributed by atoms with Gasteiger partial charge in [0, 0.05) is 16.2 Å². The Morgan fingerprint density at radius 3 is 2.47 bits per heavy atom. The zero-order chi connectivity index (χ0) is 12.3. The normalized spacial score (nSPS) is 9.76. The molecule has 0 unspecified atom stereocenters. The van der Waals surface area contributed by atoms with Crippen LogP contribution in [0.4, 0.5) is 5.82 Å². The molecule has 84 valence electrons. The fourth-order valence-corrected chi connectivity index (χ4v) is 1.75. The third-order valence-electron chi connectivity index (χ3n) is 2.38. The summed E-state index contributed by atoms with van der Waals surface area (Å²) >= 11 is 0. The Balaban J connectivity index is 2.72. The molecule has 0 aliphatic rings. The summed E-state index contributed by atoms with van der Waals surface area (Å²) in [6.07, 6.45) is 0. The van der Waals surface area contributed by atoms with Gasteiger partial charge in [-0.15, -0.1) is 0 Å². The first-order valence-electron chi connectivity index (χ1n) is 5.18. The van der Waals surface area contributed by atoms with Gasteiger partial charge in [0.2, 0.25) is 0 Å². The molecule has 0 fully saturated rings. The highest BCUT2D eigenvalue weighted by Gasteiger charge is 2.10. The highest BCUT2D eigenvalue weighted by molar-refractivity contribution is 5.75. The van der Waals surface area contributed by atoms with Crippen LogP contribution in [0.2, 0.25) is 0 Å². The predicted molar refractivity (Wildman–Crippen MR) is 65.7 cm³/mol. The van der Waals surface area contributed by atoms with Gasteiger partial charge in [0.15, 0.2) is 0 Å². The zero-order valence-electron chi connectivity index (χ0n) is 9.62. The number of rotatable bonds is 2. The molecule has 0 saturated carbocycles. The summed E-state index contributed by atoms with van der Waals surface area (Å²) in [6, 6.07) is 9.67. The summed E-state index contributed by atoms with van der Waals surface area (Å²) in [5.41, 5.74) is 11.1. The smallest absolute Gasteiger partial charge is 0.138 e. The van der Waals surface area contributed by atoms with Crippen LogP contribution in [-0.2, 0) is 0 Å². The van der Waals surface area contributed by atoms with Gasteiger partial charge in [-0.3, -0.25) is 0 Å². The highest BCUT2D eigenvalue weighted by atomic mass is 15.2. The zero-order valence-corrected chi connectivity index (χ0v) is 9.62. The molecule has 2 aromatic rings. The van der Waals surface area contributed by atoms with Crippen LogP contribution < -0.4 is 0 Å². The summed E-state index contributed by atoms with van der Waals surface area (Å²) in [5.74, 6) is 0.980. The van der Waals surface area contributed by atoms with E-state index in [9.17, 15) is 0 Å². The number of benzene rings is 1. The van der Waals surface area contributed by atoms with Crippen LogP contribution in [0.5, 0.6) is 0 Å². The van der Waals surface area contributed by atoms with E-state index in [1.807, 2.05) is 37.3 Å². The van der Waals surface area contributed by atoms with E-state index in [4.69, 9.17) is 5.53 Å². The van der Waals surface area contributed by atoms with Gasteiger partial charge in [0.1, 0.15) is 11.6 Å². The first-order chi connectivity index (χ1) is 8.22. The Morgan fingerprint density at radius 2 is 1.82 bits per heavy atom. The van der Waals surface area contributed by atoms with Crippen molar-refractivity contribution in [3.05, 3.63) is 52.3 Å². The van der Waals surface area contributed by atoms with E-state index < -0.39 is 0 Å². The number of hydrogen-bond donors (Lipinski definition) is 0. The molecule has 2 rings (SSSR count). The van der Waals surface area contributed by atoms with E-state index in [2.05, 4.69) is 20.0 Å². The first kappa shape index (κ1) is 11.1. The van der Waals surface area contributed by atoms with Crippen molar-refractivity contribution >= 4 is 5.82 Å². The van der Waals surface area contributed by atoms with Crippen molar-refractivity contribution in [1.29, 1.82) is 0 Å². The van der Waals surface area contributed by atoms with Crippen LogP contribution in [-0.4, -0.2) is 9.97 Å². The van der Waals surface area contributed by atoms with Gasteiger partial charge in [-0.1, -0.05) is 30.3 Å². The van der Waals surface area contributed by atoms with Gasteiger partial charge >= 0.3 is 0 Å². The molecule has 5 heteroatoms. The average Bonchev–Trinajstić information content (AvgIpc) is 2.30. The van der Waals surface area contributed by atoms with Crippen molar-refractivity contribution in [3.63, 3.8) is 0 Å². The third-order valence-corrected chi connectivity index (χ3v) is 2.38. The van der Waals surface area contributed by atoms with E-state index in [0.717, 1.165) is 16.8 Å². The lowest BCUT2D eigenvalue weighted by Gasteiger charge is -2.08. The average molecular weight is 225 g/mol. The molecule has 0 atom stereocenters. The molecule has 0 aliphatic carbocycles. The van der Waals surface area contributed by atoms with Crippen LogP contribution >= 0.6 is 0 Å². The number of nitrogens with zero attached hydrogens (tertiary/aromatic N) is 5. The van der Waals surface area contributed by atoms with Gasteiger partial charge in [0.05, 0.1) is 0 Å². The number of aromatic nitrogens is 2. The molecule has 0 spiro atoms. The topological polar surface area (TPSA) is 74.5 Å². The number of aryl methyl sites for hydroxylation is 2. The van der Waals surface area contributed by atoms with Gasteiger partial charge in [-0.2, -0.15) is 0 Å². The molecular weight excluding hydrogens is 214 g/mol. The van der Waals surface area contributed by atoms with Crippen LogP contribution in [0.3, 0.4) is 0 Å². The Kier molecular flexibility index (Phi) is 3.03. The van der Waals surface area contributed by atoms with Gasteiger partial charge in [-0.05, 0) is 30.1 Å². The van der Waals surface area contributed by atoms with Gasteiger partial charge in [-0.25, -0.2) is 9.97 Å². The maximum atomic E-state index is 8.57. The Labute approximate surface area is 98.8 Å². The Bertz CT molecular complexity index is 585. The van der Waals surface area contributed by atoms with Gasteiger partial charge in [0.25, 0.3) is 0 Å². The van der Waals surface area contributed by atoms with Crippen LogP contribution in [0.1, 0.15) is 11.5 Å². The Morgan fingerprint density at radius 1 is 1.12 bits per heavy atom. The summed E-state index contributed by atoms with van der Waals surface area (Å²) in [5, 5.41) is 3.63. The minimum Gasteiger partial charge on any atom is -0.238 e. The molecule has 1 aromatic carbocycles. The quantitative estimate of drug-likeness (QED) is 0.444. The molecule has 0 saturated heterocycles. The van der Waals surface area contributed by atoms with Crippen LogP contribution in [0, 0.1) is 13.8 Å². The van der Waals surface area contributed by atoms with Crippen molar-refractivity contribution in [2.45, 2.75) is 13.8 Å². The van der Waals surface area contributed by atoms with E-state index in [-0.39, 0.29) is 0 Å². The van der Waals surface area contributed by atoms with E-state index in [0.29, 0.717) is 11.6 Å². The predicted octanol–water partition coefficient (Wildman–Crippen LogP) is 3.70. The number of azide groups is 1. The summed E-state index contributed by atoms with van der Waals surface area (Å²) < 4.78 is 0. The molecule has 17 heavy (non-hydrogen) atoms. The third kappa shape index (κ3) is 2.24. The molecule has 0 aliphatic heterocycles. The van der Waals surface area contributed by atoms with E-state index >= 15 is 0 Å². The summed E-state index contributed by atoms with van der Waals surface area (Å²) in [4.78, 5) is 11.3. The molecule has 1 aromatic heterocycles. The summed E-state index contributed by atoms with van der Waals surface area (Å²) in [7, 11) is 0. The fraction of sp³-hybridized carbons (Fsp3) is 0.167. The Hall–Kier alpha value is -2.39. The molecule has 0 amide bonds. The van der Waals surface area contributed by atoms with Crippen LogP contribution in [0.15, 0.2) is 35.4 Å². The van der Waals surface area contributed by atoms with Crippen molar-refractivity contribution < 1.29 is 0 Å². The fourth-order valence-electron chi connectivity index (χ4n) is 1.75. The molecule has 5 nitrogen and oxygen atoms in total. The van der Waals surface area contributed by atoms with Crippen molar-refractivity contribution in [2.24, 2.45) is 5.11 Å². The second-order valence-corrected chi connectivity index (χ2v) is 3.61. The molecule has 0 radical (unpaired) electrons.